The predicted molar refractivity (Wildman–Crippen MR) is 116 cm³/mol. The molecule has 0 aliphatic carbocycles. The number of furan rings is 1. The molecule has 0 N–H and O–H groups in total. The van der Waals surface area contributed by atoms with E-state index in [2.05, 4.69) is 37.9 Å². The van der Waals surface area contributed by atoms with Gasteiger partial charge in [-0.15, -0.1) is 10.2 Å². The van der Waals surface area contributed by atoms with Crippen molar-refractivity contribution in [3.8, 4) is 17.3 Å². The van der Waals surface area contributed by atoms with Crippen LogP contribution in [0.4, 0.5) is 0 Å². The molecule has 154 valence electrons. The molecular weight excluding hydrogens is 384 g/mol. The van der Waals surface area contributed by atoms with Gasteiger partial charge in [-0.3, -0.25) is 9.36 Å². The van der Waals surface area contributed by atoms with Crippen molar-refractivity contribution >= 4 is 17.7 Å². The van der Waals surface area contributed by atoms with Gasteiger partial charge in [0, 0.05) is 18.8 Å². The number of para-hydroxylation sites is 1. The second-order valence-electron chi connectivity index (χ2n) is 7.83. The summed E-state index contributed by atoms with van der Waals surface area (Å²) in [4.78, 5) is 14.9. The van der Waals surface area contributed by atoms with Crippen molar-refractivity contribution in [3.63, 3.8) is 0 Å². The third-order valence-electron chi connectivity index (χ3n) is 4.24. The van der Waals surface area contributed by atoms with E-state index in [4.69, 9.17) is 4.42 Å². The zero-order chi connectivity index (χ0) is 20.8. The van der Waals surface area contributed by atoms with Crippen LogP contribution in [0.15, 0.2) is 58.3 Å². The van der Waals surface area contributed by atoms with Crippen LogP contribution in [-0.4, -0.2) is 44.4 Å². The third-order valence-corrected chi connectivity index (χ3v) is 5.15. The Hall–Kier alpha value is -2.54. The van der Waals surface area contributed by atoms with Crippen LogP contribution in [0.1, 0.15) is 27.7 Å². The fraction of sp³-hybridized carbons (Fsp3) is 0.409. The number of thioether (sulfide) groups is 1. The molecule has 0 unspecified atom stereocenters. The number of carbonyl (C=O) groups is 1. The fourth-order valence-electron chi connectivity index (χ4n) is 3.12. The minimum atomic E-state index is 0.125. The van der Waals surface area contributed by atoms with Crippen LogP contribution in [-0.2, 0) is 4.79 Å². The fourth-order valence-corrected chi connectivity index (χ4v) is 3.97. The number of rotatable bonds is 9. The molecule has 29 heavy (non-hydrogen) atoms. The van der Waals surface area contributed by atoms with Crippen molar-refractivity contribution in [2.75, 3.05) is 18.8 Å². The van der Waals surface area contributed by atoms with Crippen LogP contribution in [0.2, 0.25) is 0 Å². The van der Waals surface area contributed by atoms with E-state index < -0.39 is 0 Å². The molecule has 6 nitrogen and oxygen atoms in total. The molecule has 2 aromatic heterocycles. The minimum absolute atomic E-state index is 0.125. The summed E-state index contributed by atoms with van der Waals surface area (Å²) in [5, 5.41) is 9.35. The summed E-state index contributed by atoms with van der Waals surface area (Å²) in [7, 11) is 0. The molecule has 0 spiro atoms. The van der Waals surface area contributed by atoms with E-state index in [1.807, 2.05) is 51.9 Å². The van der Waals surface area contributed by atoms with Crippen LogP contribution in [0.5, 0.6) is 0 Å². The lowest BCUT2D eigenvalue weighted by Crippen LogP contribution is -2.38. The van der Waals surface area contributed by atoms with Crippen LogP contribution in [0.25, 0.3) is 17.3 Å². The molecule has 7 heteroatoms. The van der Waals surface area contributed by atoms with Gasteiger partial charge in [-0.25, -0.2) is 0 Å². The molecular formula is C22H28N4O2S. The molecule has 0 aliphatic rings. The molecule has 0 radical (unpaired) electrons. The van der Waals surface area contributed by atoms with E-state index in [1.165, 1.54) is 11.8 Å². The van der Waals surface area contributed by atoms with Gasteiger partial charge >= 0.3 is 0 Å². The van der Waals surface area contributed by atoms with Crippen molar-refractivity contribution in [2.45, 2.75) is 32.9 Å². The first-order valence-electron chi connectivity index (χ1n) is 9.91. The number of aromatic nitrogens is 3. The molecule has 0 bridgehead atoms. The number of hydrogen-bond acceptors (Lipinski definition) is 5. The van der Waals surface area contributed by atoms with Gasteiger partial charge in [-0.2, -0.15) is 0 Å². The SMILES string of the molecule is CC(C)CN(CC(C)C)C(=O)CSc1nnc(-c2ccco2)n1-c1ccccc1. The summed E-state index contributed by atoms with van der Waals surface area (Å²) >= 11 is 1.41. The largest absolute Gasteiger partial charge is 0.461 e. The van der Waals surface area contributed by atoms with Gasteiger partial charge in [0.15, 0.2) is 10.9 Å². The minimum Gasteiger partial charge on any atom is -0.461 e. The molecule has 1 aromatic carbocycles. The summed E-state index contributed by atoms with van der Waals surface area (Å²) in [6.07, 6.45) is 1.62. The maximum absolute atomic E-state index is 12.9. The maximum Gasteiger partial charge on any atom is 0.233 e. The summed E-state index contributed by atoms with van der Waals surface area (Å²) in [6.45, 7) is 10.1. The average molecular weight is 413 g/mol. The van der Waals surface area contributed by atoms with E-state index in [9.17, 15) is 4.79 Å². The summed E-state index contributed by atoms with van der Waals surface area (Å²) in [5.74, 6) is 2.57. The highest BCUT2D eigenvalue weighted by Crippen LogP contribution is 2.28. The Labute approximate surface area is 176 Å². The number of nitrogens with zero attached hydrogens (tertiary/aromatic N) is 4. The molecule has 2 heterocycles. The van der Waals surface area contributed by atoms with Gasteiger partial charge < -0.3 is 9.32 Å². The first kappa shape index (κ1) is 21.2. The highest BCUT2D eigenvalue weighted by Gasteiger charge is 2.21. The molecule has 0 atom stereocenters. The molecule has 1 amide bonds. The second-order valence-corrected chi connectivity index (χ2v) is 8.77. The first-order valence-corrected chi connectivity index (χ1v) is 10.9. The van der Waals surface area contributed by atoms with Gasteiger partial charge in [0.2, 0.25) is 11.7 Å². The van der Waals surface area contributed by atoms with Gasteiger partial charge in [-0.05, 0) is 36.1 Å². The topological polar surface area (TPSA) is 64.2 Å². The zero-order valence-electron chi connectivity index (χ0n) is 17.4. The smallest absolute Gasteiger partial charge is 0.233 e. The summed E-state index contributed by atoms with van der Waals surface area (Å²) in [6, 6.07) is 13.6. The lowest BCUT2D eigenvalue weighted by Gasteiger charge is -2.26. The van der Waals surface area contributed by atoms with Crippen LogP contribution in [0.3, 0.4) is 0 Å². The van der Waals surface area contributed by atoms with Crippen LogP contribution < -0.4 is 0 Å². The van der Waals surface area contributed by atoms with E-state index in [0.29, 0.717) is 34.3 Å². The van der Waals surface area contributed by atoms with Crippen molar-refractivity contribution in [2.24, 2.45) is 11.8 Å². The van der Waals surface area contributed by atoms with E-state index in [1.54, 1.807) is 6.26 Å². The van der Waals surface area contributed by atoms with Crippen LogP contribution in [0, 0.1) is 11.8 Å². The van der Waals surface area contributed by atoms with E-state index in [-0.39, 0.29) is 5.91 Å². The Morgan fingerprint density at radius 2 is 1.72 bits per heavy atom. The molecule has 0 saturated heterocycles. The Morgan fingerprint density at radius 1 is 1.03 bits per heavy atom. The molecule has 0 saturated carbocycles. The standard InChI is InChI=1S/C22H28N4O2S/c1-16(2)13-25(14-17(3)4)20(27)15-29-22-24-23-21(19-11-8-12-28-19)26(22)18-9-6-5-7-10-18/h5-12,16-17H,13-15H2,1-4H3. The Kier molecular flexibility index (Phi) is 7.14. The number of carbonyl (C=O) groups excluding carboxylic acids is 1. The number of benzene rings is 1. The Balaban J connectivity index is 1.83. The highest BCUT2D eigenvalue weighted by atomic mass is 32.2. The van der Waals surface area contributed by atoms with Gasteiger partial charge in [-0.1, -0.05) is 57.7 Å². The van der Waals surface area contributed by atoms with Crippen LogP contribution >= 0.6 is 11.8 Å². The summed E-state index contributed by atoms with van der Waals surface area (Å²) < 4.78 is 7.48. The molecule has 3 aromatic rings. The monoisotopic (exact) mass is 412 g/mol. The first-order chi connectivity index (χ1) is 14.0. The molecule has 3 rings (SSSR count). The Morgan fingerprint density at radius 3 is 2.31 bits per heavy atom. The lowest BCUT2D eigenvalue weighted by atomic mass is 10.1. The van der Waals surface area contributed by atoms with Crippen molar-refractivity contribution in [1.29, 1.82) is 0 Å². The average Bonchev–Trinajstić information content (AvgIpc) is 3.35. The predicted octanol–water partition coefficient (Wildman–Crippen LogP) is 4.76. The van der Waals surface area contributed by atoms with Gasteiger partial charge in [0.25, 0.3) is 0 Å². The van der Waals surface area contributed by atoms with Crippen molar-refractivity contribution in [1.82, 2.24) is 19.7 Å². The quantitative estimate of drug-likeness (QED) is 0.474. The zero-order valence-corrected chi connectivity index (χ0v) is 18.2. The molecule has 0 aliphatic heterocycles. The highest BCUT2D eigenvalue weighted by molar-refractivity contribution is 7.99. The van der Waals surface area contributed by atoms with E-state index in [0.717, 1.165) is 18.8 Å². The summed E-state index contributed by atoms with van der Waals surface area (Å²) in [5.41, 5.74) is 0.931. The lowest BCUT2D eigenvalue weighted by molar-refractivity contribution is -0.129. The van der Waals surface area contributed by atoms with Gasteiger partial charge in [0.1, 0.15) is 0 Å². The number of hydrogen-bond donors (Lipinski definition) is 0. The maximum atomic E-state index is 12.9. The van der Waals surface area contributed by atoms with E-state index >= 15 is 0 Å². The normalized spacial score (nSPS) is 11.4. The van der Waals surface area contributed by atoms with Crippen molar-refractivity contribution in [3.05, 3.63) is 48.7 Å². The van der Waals surface area contributed by atoms with Crippen molar-refractivity contribution < 1.29 is 9.21 Å². The second kappa shape index (κ2) is 9.78. The Bertz CT molecular complexity index is 894. The molecule has 0 fully saturated rings. The third kappa shape index (κ3) is 5.50. The van der Waals surface area contributed by atoms with Gasteiger partial charge in [0.05, 0.1) is 12.0 Å². The number of amides is 1.